The average Bonchev–Trinajstić information content (AvgIpc) is 3.25. The van der Waals surface area contributed by atoms with Crippen LogP contribution in [-0.4, -0.2) is 15.8 Å². The highest BCUT2D eigenvalue weighted by Crippen LogP contribution is 2.42. The Balaban J connectivity index is 1.96. The number of carbonyl (C=O) groups excluding carboxylic acids is 1. The Kier molecular flexibility index (Phi) is 4.49. The molecular formula is C27H20N2O. The molecule has 0 fully saturated rings. The fourth-order valence-electron chi connectivity index (χ4n) is 4.32. The van der Waals surface area contributed by atoms with Gasteiger partial charge in [-0.25, -0.2) is 4.98 Å². The van der Waals surface area contributed by atoms with Crippen molar-refractivity contribution in [2.45, 2.75) is 5.54 Å². The summed E-state index contributed by atoms with van der Waals surface area (Å²) >= 11 is 0. The molecular weight excluding hydrogens is 368 g/mol. The van der Waals surface area contributed by atoms with Gasteiger partial charge in [0.1, 0.15) is 11.8 Å². The van der Waals surface area contributed by atoms with Crippen molar-refractivity contribution in [3.63, 3.8) is 0 Å². The summed E-state index contributed by atoms with van der Waals surface area (Å²) in [6.07, 6.45) is 2.76. The van der Waals surface area contributed by atoms with Crippen molar-refractivity contribution in [3.05, 3.63) is 138 Å². The second-order valence-corrected chi connectivity index (χ2v) is 7.29. The maximum absolute atomic E-state index is 11.5. The molecule has 30 heavy (non-hydrogen) atoms. The molecule has 4 aromatic carbocycles. The topological polar surface area (TPSA) is 34.9 Å². The van der Waals surface area contributed by atoms with Gasteiger partial charge in [0.25, 0.3) is 0 Å². The van der Waals surface area contributed by atoms with E-state index in [4.69, 9.17) is 0 Å². The van der Waals surface area contributed by atoms with Crippen molar-refractivity contribution in [2.75, 3.05) is 0 Å². The molecule has 5 aromatic rings. The number of benzene rings is 4. The van der Waals surface area contributed by atoms with Crippen LogP contribution in [0.15, 0.2) is 116 Å². The summed E-state index contributed by atoms with van der Waals surface area (Å²) in [4.78, 5) is 16.2. The largest absolute Gasteiger partial charge is 0.312 e. The normalized spacial score (nSPS) is 11.5. The molecule has 0 bridgehead atoms. The SMILES string of the molecule is O=Cc1ccc2ncn(C(c3ccccc3)(c3ccccc3)c3ccccc3)c2c1. The quantitative estimate of drug-likeness (QED) is 0.286. The van der Waals surface area contributed by atoms with E-state index >= 15 is 0 Å². The number of hydrogen-bond acceptors (Lipinski definition) is 2. The Hall–Kier alpha value is -3.98. The lowest BCUT2D eigenvalue weighted by Gasteiger charge is -2.38. The second kappa shape index (κ2) is 7.45. The monoisotopic (exact) mass is 388 g/mol. The third-order valence-corrected chi connectivity index (χ3v) is 5.64. The van der Waals surface area contributed by atoms with E-state index in [9.17, 15) is 4.79 Å². The van der Waals surface area contributed by atoms with Crippen molar-refractivity contribution in [2.24, 2.45) is 0 Å². The van der Waals surface area contributed by atoms with Crippen LogP contribution in [0.3, 0.4) is 0 Å². The zero-order valence-electron chi connectivity index (χ0n) is 16.3. The minimum atomic E-state index is -0.639. The van der Waals surface area contributed by atoms with Crippen LogP contribution >= 0.6 is 0 Å². The van der Waals surface area contributed by atoms with E-state index in [0.29, 0.717) is 5.56 Å². The Morgan fingerprint density at radius 1 is 0.667 bits per heavy atom. The molecule has 0 atom stereocenters. The summed E-state index contributed by atoms with van der Waals surface area (Å²) < 4.78 is 2.19. The van der Waals surface area contributed by atoms with Gasteiger partial charge in [0.05, 0.1) is 17.4 Å². The number of nitrogens with zero attached hydrogens (tertiary/aromatic N) is 2. The van der Waals surface area contributed by atoms with E-state index in [1.165, 1.54) is 0 Å². The first-order valence-electron chi connectivity index (χ1n) is 9.93. The summed E-state index contributed by atoms with van der Waals surface area (Å²) in [6, 6.07) is 37.0. The van der Waals surface area contributed by atoms with Crippen LogP contribution in [0.2, 0.25) is 0 Å². The smallest absolute Gasteiger partial charge is 0.150 e. The average molecular weight is 388 g/mol. The molecule has 0 aliphatic carbocycles. The Labute approximate surface area is 175 Å². The van der Waals surface area contributed by atoms with E-state index in [0.717, 1.165) is 34.0 Å². The minimum Gasteiger partial charge on any atom is -0.312 e. The summed E-state index contributed by atoms with van der Waals surface area (Å²) in [5.74, 6) is 0. The van der Waals surface area contributed by atoms with Gasteiger partial charge in [-0.2, -0.15) is 0 Å². The molecule has 1 aromatic heterocycles. The van der Waals surface area contributed by atoms with E-state index < -0.39 is 5.54 Å². The summed E-state index contributed by atoms with van der Waals surface area (Å²) in [5.41, 5.74) is 5.13. The Morgan fingerprint density at radius 2 is 1.17 bits per heavy atom. The molecule has 0 amide bonds. The highest BCUT2D eigenvalue weighted by atomic mass is 16.1. The number of fused-ring (bicyclic) bond motifs is 1. The lowest BCUT2D eigenvalue weighted by atomic mass is 9.76. The molecule has 0 unspecified atom stereocenters. The zero-order chi connectivity index (χ0) is 20.4. The van der Waals surface area contributed by atoms with Gasteiger partial charge in [0.2, 0.25) is 0 Å². The molecule has 0 saturated carbocycles. The molecule has 0 saturated heterocycles. The zero-order valence-corrected chi connectivity index (χ0v) is 16.3. The summed E-state index contributed by atoms with van der Waals surface area (Å²) in [7, 11) is 0. The maximum Gasteiger partial charge on any atom is 0.150 e. The van der Waals surface area contributed by atoms with Gasteiger partial charge in [-0.05, 0) is 34.9 Å². The molecule has 0 radical (unpaired) electrons. The van der Waals surface area contributed by atoms with Crippen LogP contribution < -0.4 is 0 Å². The first-order chi connectivity index (χ1) is 14.8. The van der Waals surface area contributed by atoms with Crippen LogP contribution in [0.25, 0.3) is 11.0 Å². The van der Waals surface area contributed by atoms with Gasteiger partial charge in [0, 0.05) is 5.56 Å². The highest BCUT2D eigenvalue weighted by Gasteiger charge is 2.39. The van der Waals surface area contributed by atoms with Crippen LogP contribution in [0.1, 0.15) is 27.0 Å². The Morgan fingerprint density at radius 3 is 1.63 bits per heavy atom. The van der Waals surface area contributed by atoms with Gasteiger partial charge in [-0.15, -0.1) is 0 Å². The van der Waals surface area contributed by atoms with Crippen LogP contribution in [0.4, 0.5) is 0 Å². The van der Waals surface area contributed by atoms with Crippen molar-refractivity contribution in [1.29, 1.82) is 0 Å². The van der Waals surface area contributed by atoms with Crippen molar-refractivity contribution in [3.8, 4) is 0 Å². The number of rotatable bonds is 5. The fraction of sp³-hybridized carbons (Fsp3) is 0.0370. The molecule has 0 aliphatic heterocycles. The lowest BCUT2D eigenvalue weighted by Crippen LogP contribution is -2.37. The number of aldehydes is 1. The standard InChI is InChI=1S/C27H20N2O/c30-19-21-16-17-25-26(18-21)29(20-28-25)27(22-10-4-1-5-11-22,23-12-6-2-7-13-23)24-14-8-3-9-15-24/h1-20H. The van der Waals surface area contributed by atoms with Gasteiger partial charge >= 0.3 is 0 Å². The summed E-state index contributed by atoms with van der Waals surface area (Å²) in [6.45, 7) is 0. The lowest BCUT2D eigenvalue weighted by molar-refractivity contribution is 0.112. The molecule has 0 aliphatic rings. The van der Waals surface area contributed by atoms with E-state index in [-0.39, 0.29) is 0 Å². The van der Waals surface area contributed by atoms with Crippen LogP contribution in [-0.2, 0) is 5.54 Å². The molecule has 0 N–H and O–H groups in total. The van der Waals surface area contributed by atoms with E-state index in [1.54, 1.807) is 0 Å². The maximum atomic E-state index is 11.5. The van der Waals surface area contributed by atoms with Crippen molar-refractivity contribution in [1.82, 2.24) is 9.55 Å². The fourth-order valence-corrected chi connectivity index (χ4v) is 4.32. The third kappa shape index (κ3) is 2.75. The van der Waals surface area contributed by atoms with Crippen molar-refractivity contribution < 1.29 is 4.79 Å². The number of hydrogen-bond donors (Lipinski definition) is 0. The molecule has 0 spiro atoms. The van der Waals surface area contributed by atoms with E-state index in [1.807, 2.05) is 42.7 Å². The minimum absolute atomic E-state index is 0.632. The predicted octanol–water partition coefficient (Wildman–Crippen LogP) is 5.69. The molecule has 3 heteroatoms. The van der Waals surface area contributed by atoms with E-state index in [2.05, 4.69) is 82.3 Å². The van der Waals surface area contributed by atoms with Gasteiger partial charge in [0.15, 0.2) is 0 Å². The van der Waals surface area contributed by atoms with Crippen LogP contribution in [0.5, 0.6) is 0 Å². The molecule has 3 nitrogen and oxygen atoms in total. The second-order valence-electron chi connectivity index (χ2n) is 7.29. The van der Waals surface area contributed by atoms with Crippen LogP contribution in [0, 0.1) is 0 Å². The van der Waals surface area contributed by atoms with Crippen molar-refractivity contribution >= 4 is 17.3 Å². The molecule has 144 valence electrons. The number of aromatic nitrogens is 2. The first kappa shape index (κ1) is 18.1. The van der Waals surface area contributed by atoms with Gasteiger partial charge in [-0.1, -0.05) is 91.0 Å². The Bertz CT molecular complexity index is 1200. The molecule has 5 rings (SSSR count). The number of imidazole rings is 1. The first-order valence-corrected chi connectivity index (χ1v) is 9.93. The third-order valence-electron chi connectivity index (χ3n) is 5.64. The summed E-state index contributed by atoms with van der Waals surface area (Å²) in [5, 5.41) is 0. The number of carbonyl (C=O) groups is 1. The predicted molar refractivity (Wildman–Crippen MR) is 120 cm³/mol. The van der Waals surface area contributed by atoms with Gasteiger partial charge < -0.3 is 4.57 Å². The van der Waals surface area contributed by atoms with Gasteiger partial charge in [-0.3, -0.25) is 4.79 Å². The molecule has 1 heterocycles. The highest BCUT2D eigenvalue weighted by molar-refractivity contribution is 5.85.